The Kier molecular flexibility index (Phi) is 6.97. The lowest BCUT2D eigenvalue weighted by Gasteiger charge is -2.19. The van der Waals surface area contributed by atoms with E-state index in [-0.39, 0.29) is 12.4 Å². The second-order valence-corrected chi connectivity index (χ2v) is 7.34. The summed E-state index contributed by atoms with van der Waals surface area (Å²) in [5.74, 6) is -0.274. The summed E-state index contributed by atoms with van der Waals surface area (Å²) >= 11 is 1.40. The van der Waals surface area contributed by atoms with Gasteiger partial charge in [0, 0.05) is 23.8 Å². The largest absolute Gasteiger partial charge is 0.466 e. The van der Waals surface area contributed by atoms with Crippen molar-refractivity contribution in [3.8, 4) is 0 Å². The zero-order chi connectivity index (χ0) is 20.6. The van der Waals surface area contributed by atoms with Crippen molar-refractivity contribution in [3.63, 3.8) is 0 Å². The van der Waals surface area contributed by atoms with Gasteiger partial charge in [0.05, 0.1) is 24.9 Å². The Labute approximate surface area is 174 Å². The van der Waals surface area contributed by atoms with E-state index in [1.165, 1.54) is 16.9 Å². The van der Waals surface area contributed by atoms with E-state index >= 15 is 0 Å². The molecule has 1 aromatic heterocycles. The molecule has 7 heteroatoms. The molecule has 0 aliphatic carbocycles. The third-order valence-corrected chi connectivity index (χ3v) is 5.05. The highest BCUT2D eigenvalue weighted by Gasteiger charge is 2.08. The van der Waals surface area contributed by atoms with E-state index in [0.717, 1.165) is 16.9 Å². The van der Waals surface area contributed by atoms with Crippen LogP contribution in [-0.4, -0.2) is 30.8 Å². The van der Waals surface area contributed by atoms with Crippen LogP contribution in [0.1, 0.15) is 23.7 Å². The van der Waals surface area contributed by atoms with Crippen LogP contribution >= 0.6 is 11.3 Å². The number of nitrogens with one attached hydrogen (secondary N) is 1. The van der Waals surface area contributed by atoms with Crippen molar-refractivity contribution in [2.45, 2.75) is 20.3 Å². The maximum absolute atomic E-state index is 11.5. The van der Waals surface area contributed by atoms with Gasteiger partial charge >= 0.3 is 5.97 Å². The summed E-state index contributed by atoms with van der Waals surface area (Å²) in [6.45, 7) is 4.24. The van der Waals surface area contributed by atoms with Crippen LogP contribution in [0.15, 0.2) is 59.0 Å². The van der Waals surface area contributed by atoms with Crippen LogP contribution in [0.25, 0.3) is 0 Å². The summed E-state index contributed by atoms with van der Waals surface area (Å²) in [6.07, 6.45) is 1.91. The number of hydrazone groups is 1. The number of thiazole rings is 1. The van der Waals surface area contributed by atoms with Crippen LogP contribution in [0.3, 0.4) is 0 Å². The molecule has 0 amide bonds. The Balaban J connectivity index is 1.55. The summed E-state index contributed by atoms with van der Waals surface area (Å²) < 4.78 is 4.93. The third kappa shape index (κ3) is 5.89. The van der Waals surface area contributed by atoms with Crippen LogP contribution in [-0.2, 0) is 16.0 Å². The van der Waals surface area contributed by atoms with Gasteiger partial charge in [-0.3, -0.25) is 10.2 Å². The fraction of sp³-hybridized carbons (Fsp3) is 0.227. The first-order chi connectivity index (χ1) is 14.0. The number of aromatic nitrogens is 1. The molecule has 0 saturated heterocycles. The van der Waals surface area contributed by atoms with Crippen molar-refractivity contribution < 1.29 is 9.53 Å². The molecule has 0 radical (unpaired) electrons. The van der Waals surface area contributed by atoms with Gasteiger partial charge in [0.1, 0.15) is 0 Å². The van der Waals surface area contributed by atoms with Crippen molar-refractivity contribution in [1.82, 2.24) is 4.98 Å². The van der Waals surface area contributed by atoms with Crippen LogP contribution in [0, 0.1) is 6.92 Å². The Morgan fingerprint density at radius 3 is 2.48 bits per heavy atom. The Hall–Kier alpha value is -3.19. The van der Waals surface area contributed by atoms with Gasteiger partial charge in [-0.15, -0.1) is 11.3 Å². The van der Waals surface area contributed by atoms with Gasteiger partial charge in [0.15, 0.2) is 0 Å². The maximum atomic E-state index is 11.5. The first kappa shape index (κ1) is 20.5. The topological polar surface area (TPSA) is 66.8 Å². The lowest BCUT2D eigenvalue weighted by molar-refractivity contribution is -0.142. The molecule has 0 bridgehead atoms. The molecule has 1 heterocycles. The van der Waals surface area contributed by atoms with Crippen molar-refractivity contribution in [1.29, 1.82) is 0 Å². The van der Waals surface area contributed by atoms with E-state index in [0.29, 0.717) is 17.4 Å². The van der Waals surface area contributed by atoms with E-state index < -0.39 is 0 Å². The lowest BCUT2D eigenvalue weighted by atomic mass is 10.2. The van der Waals surface area contributed by atoms with Gasteiger partial charge in [-0.1, -0.05) is 29.8 Å². The summed E-state index contributed by atoms with van der Waals surface area (Å²) in [6, 6.07) is 16.6. The maximum Gasteiger partial charge on any atom is 0.311 e. The number of esters is 1. The molecule has 0 saturated carbocycles. The molecule has 3 aromatic rings. The molecule has 29 heavy (non-hydrogen) atoms. The minimum absolute atomic E-state index is 0.172. The Morgan fingerprint density at radius 1 is 1.17 bits per heavy atom. The fourth-order valence-electron chi connectivity index (χ4n) is 2.66. The molecule has 0 spiro atoms. The normalized spacial score (nSPS) is 10.9. The van der Waals surface area contributed by atoms with Crippen LogP contribution in [0.5, 0.6) is 0 Å². The summed E-state index contributed by atoms with van der Waals surface area (Å²) in [7, 11) is 2.05. The molecule has 0 aliphatic heterocycles. The van der Waals surface area contributed by atoms with Crippen molar-refractivity contribution >= 4 is 40.0 Å². The molecule has 0 aliphatic rings. The van der Waals surface area contributed by atoms with Crippen LogP contribution in [0.2, 0.25) is 0 Å². The molecular formula is C22H24N4O2S. The predicted molar refractivity (Wildman–Crippen MR) is 119 cm³/mol. The van der Waals surface area contributed by atoms with Crippen molar-refractivity contribution in [2.24, 2.45) is 5.10 Å². The van der Waals surface area contributed by atoms with E-state index in [4.69, 9.17) is 4.74 Å². The van der Waals surface area contributed by atoms with Gasteiger partial charge in [-0.05, 0) is 43.7 Å². The van der Waals surface area contributed by atoms with Crippen LogP contribution in [0.4, 0.5) is 16.5 Å². The van der Waals surface area contributed by atoms with Crippen molar-refractivity contribution in [2.75, 3.05) is 24.0 Å². The number of anilines is 3. The molecule has 0 unspecified atom stereocenters. The minimum Gasteiger partial charge on any atom is -0.466 e. The average Bonchev–Trinajstić information content (AvgIpc) is 3.16. The average molecular weight is 409 g/mol. The van der Waals surface area contributed by atoms with E-state index in [2.05, 4.69) is 63.7 Å². The van der Waals surface area contributed by atoms with Gasteiger partial charge in [0.2, 0.25) is 5.13 Å². The van der Waals surface area contributed by atoms with E-state index in [1.54, 1.807) is 13.1 Å². The zero-order valence-corrected chi connectivity index (χ0v) is 17.6. The number of carbonyl (C=O) groups excluding carboxylic acids is 1. The fourth-order valence-corrected chi connectivity index (χ4v) is 3.32. The van der Waals surface area contributed by atoms with Gasteiger partial charge in [-0.25, -0.2) is 4.98 Å². The standard InChI is InChI=1S/C22H24N4O2S/c1-4-28-21(27)13-18-15-29-22(24-18)25-23-14-17-7-11-20(12-8-17)26(3)19-9-5-16(2)6-10-19/h5-12,14-15H,4,13H2,1-3H3,(H,24,25). The molecule has 6 nitrogen and oxygen atoms in total. The Bertz CT molecular complexity index is 965. The number of rotatable bonds is 8. The molecule has 2 aromatic carbocycles. The number of hydrogen-bond donors (Lipinski definition) is 1. The smallest absolute Gasteiger partial charge is 0.311 e. The van der Waals surface area contributed by atoms with Gasteiger partial charge in [0.25, 0.3) is 0 Å². The molecular weight excluding hydrogens is 384 g/mol. The highest BCUT2D eigenvalue weighted by Crippen LogP contribution is 2.23. The quantitative estimate of drug-likeness (QED) is 0.330. The highest BCUT2D eigenvalue weighted by molar-refractivity contribution is 7.13. The van der Waals surface area contributed by atoms with E-state index in [9.17, 15) is 4.79 Å². The number of nitrogens with zero attached hydrogens (tertiary/aromatic N) is 3. The van der Waals surface area contributed by atoms with Gasteiger partial charge in [-0.2, -0.15) is 5.10 Å². The number of carbonyl (C=O) groups is 1. The monoisotopic (exact) mass is 408 g/mol. The second-order valence-electron chi connectivity index (χ2n) is 6.48. The minimum atomic E-state index is -0.274. The second kappa shape index (κ2) is 9.84. The first-order valence-corrected chi connectivity index (χ1v) is 10.2. The predicted octanol–water partition coefficient (Wildman–Crippen LogP) is 4.77. The number of aryl methyl sites for hydroxylation is 1. The molecule has 0 fully saturated rings. The lowest BCUT2D eigenvalue weighted by Crippen LogP contribution is -2.09. The van der Waals surface area contributed by atoms with Gasteiger partial charge < -0.3 is 9.64 Å². The number of benzene rings is 2. The summed E-state index contributed by atoms with van der Waals surface area (Å²) in [5, 5.41) is 6.69. The zero-order valence-electron chi connectivity index (χ0n) is 16.8. The molecule has 3 rings (SSSR count). The first-order valence-electron chi connectivity index (χ1n) is 9.34. The highest BCUT2D eigenvalue weighted by atomic mass is 32.1. The molecule has 1 N–H and O–H groups in total. The summed E-state index contributed by atoms with van der Waals surface area (Å²) in [4.78, 5) is 18.0. The molecule has 0 atom stereocenters. The number of ether oxygens (including phenoxy) is 1. The van der Waals surface area contributed by atoms with E-state index in [1.807, 2.05) is 24.6 Å². The number of hydrogen-bond acceptors (Lipinski definition) is 7. The Morgan fingerprint density at radius 2 is 1.83 bits per heavy atom. The SMILES string of the molecule is CCOC(=O)Cc1csc(NN=Cc2ccc(N(C)c3ccc(C)cc3)cc2)n1. The molecule has 150 valence electrons. The van der Waals surface area contributed by atoms with Crippen molar-refractivity contribution in [3.05, 3.63) is 70.7 Å². The third-order valence-electron chi connectivity index (χ3n) is 4.26. The van der Waals surface area contributed by atoms with Crippen LogP contribution < -0.4 is 10.3 Å². The summed E-state index contributed by atoms with van der Waals surface area (Å²) in [5.41, 5.74) is 8.04.